The molecule has 0 saturated heterocycles. The minimum absolute atomic E-state index is 0.614. The molecule has 0 amide bonds. The maximum atomic E-state index is 12.1. The fraction of sp³-hybridized carbons (Fsp3) is 0.500. The second-order valence-corrected chi connectivity index (χ2v) is 4.77. The van der Waals surface area contributed by atoms with Crippen LogP contribution >= 0.6 is 11.8 Å². The van der Waals surface area contributed by atoms with Gasteiger partial charge < -0.3 is 10.1 Å². The number of thioether (sulfide) groups is 1. The quantitative estimate of drug-likeness (QED) is 0.612. The van der Waals surface area contributed by atoms with E-state index < -0.39 is 11.9 Å². The Morgan fingerprint density at radius 3 is 2.78 bits per heavy atom. The van der Waals surface area contributed by atoms with Crippen molar-refractivity contribution in [3.05, 3.63) is 29.8 Å². The van der Waals surface area contributed by atoms with Crippen LogP contribution in [0.5, 0.6) is 0 Å². The van der Waals surface area contributed by atoms with Gasteiger partial charge in [-0.15, -0.1) is 11.8 Å². The number of alkyl halides is 3. The van der Waals surface area contributed by atoms with Crippen LogP contribution < -0.4 is 5.32 Å². The molecular weight excluding hydrogens is 263 g/mol. The van der Waals surface area contributed by atoms with Gasteiger partial charge in [-0.2, -0.15) is 13.2 Å². The standard InChI is InChI=1S/C12H16F3NOS/c1-17-6-5-16-8-10-3-2-4-11(7-10)18-9-12(13,14)15/h2-4,7,16H,5-6,8-9H2,1H3. The molecule has 1 aromatic carbocycles. The molecule has 0 aromatic heterocycles. The van der Waals surface area contributed by atoms with Crippen molar-refractivity contribution in [2.75, 3.05) is 26.0 Å². The third-order valence-electron chi connectivity index (χ3n) is 2.11. The summed E-state index contributed by atoms with van der Waals surface area (Å²) in [7, 11) is 1.62. The summed E-state index contributed by atoms with van der Waals surface area (Å²) in [5, 5.41) is 3.15. The van der Waals surface area contributed by atoms with E-state index in [0.717, 1.165) is 23.9 Å². The van der Waals surface area contributed by atoms with Crippen molar-refractivity contribution in [2.24, 2.45) is 0 Å². The number of methoxy groups -OCH3 is 1. The molecule has 1 rings (SSSR count). The summed E-state index contributed by atoms with van der Waals surface area (Å²) in [4.78, 5) is 0.637. The average Bonchev–Trinajstić information content (AvgIpc) is 2.32. The molecule has 0 heterocycles. The van der Waals surface area contributed by atoms with Crippen LogP contribution in [-0.2, 0) is 11.3 Å². The Balaban J connectivity index is 2.41. The predicted octanol–water partition coefficient (Wildman–Crippen LogP) is 3.08. The van der Waals surface area contributed by atoms with Crippen LogP contribution in [0.2, 0.25) is 0 Å². The summed E-state index contributed by atoms with van der Waals surface area (Å²) in [5.74, 6) is -0.854. The van der Waals surface area contributed by atoms with E-state index in [0.29, 0.717) is 18.0 Å². The Labute approximate surface area is 109 Å². The molecule has 0 saturated carbocycles. The molecule has 6 heteroatoms. The number of rotatable bonds is 7. The van der Waals surface area contributed by atoms with E-state index in [9.17, 15) is 13.2 Å². The summed E-state index contributed by atoms with van der Waals surface area (Å²) in [6.45, 7) is 1.96. The molecule has 18 heavy (non-hydrogen) atoms. The van der Waals surface area contributed by atoms with Crippen molar-refractivity contribution < 1.29 is 17.9 Å². The minimum Gasteiger partial charge on any atom is -0.383 e. The maximum Gasteiger partial charge on any atom is 0.398 e. The lowest BCUT2D eigenvalue weighted by molar-refractivity contribution is -0.105. The van der Waals surface area contributed by atoms with Gasteiger partial charge in [-0.05, 0) is 17.7 Å². The summed E-state index contributed by atoms with van der Waals surface area (Å²) in [5.41, 5.74) is 0.971. The third-order valence-corrected chi connectivity index (χ3v) is 3.17. The maximum absolute atomic E-state index is 12.1. The smallest absolute Gasteiger partial charge is 0.383 e. The van der Waals surface area contributed by atoms with E-state index in [1.54, 1.807) is 25.3 Å². The average molecular weight is 279 g/mol. The molecule has 0 unspecified atom stereocenters. The normalized spacial score (nSPS) is 11.8. The summed E-state index contributed by atoms with van der Waals surface area (Å²) >= 11 is 0.808. The molecule has 0 spiro atoms. The first-order valence-electron chi connectivity index (χ1n) is 5.49. The van der Waals surface area contributed by atoms with Crippen LogP contribution in [-0.4, -0.2) is 32.2 Å². The van der Waals surface area contributed by atoms with E-state index in [1.165, 1.54) is 0 Å². The summed E-state index contributed by atoms with van der Waals surface area (Å²) in [6, 6.07) is 7.12. The SMILES string of the molecule is COCCNCc1cccc(SCC(F)(F)F)c1. The molecule has 1 N–H and O–H groups in total. The Morgan fingerprint density at radius 2 is 2.11 bits per heavy atom. The predicted molar refractivity (Wildman–Crippen MR) is 66.8 cm³/mol. The molecule has 0 bridgehead atoms. The fourth-order valence-corrected chi connectivity index (χ4v) is 2.06. The Bertz CT molecular complexity index is 357. The molecule has 0 aliphatic heterocycles. The van der Waals surface area contributed by atoms with Gasteiger partial charge in [0.25, 0.3) is 0 Å². The number of nitrogens with one attached hydrogen (secondary N) is 1. The zero-order valence-corrected chi connectivity index (χ0v) is 10.9. The first-order valence-corrected chi connectivity index (χ1v) is 6.48. The van der Waals surface area contributed by atoms with Crippen molar-refractivity contribution in [1.29, 1.82) is 0 Å². The minimum atomic E-state index is -4.13. The van der Waals surface area contributed by atoms with E-state index >= 15 is 0 Å². The first kappa shape index (κ1) is 15.3. The number of benzene rings is 1. The number of ether oxygens (including phenoxy) is 1. The second kappa shape index (κ2) is 7.66. The number of hydrogen-bond acceptors (Lipinski definition) is 3. The van der Waals surface area contributed by atoms with E-state index in [2.05, 4.69) is 5.32 Å². The van der Waals surface area contributed by atoms with Crippen LogP contribution in [0.3, 0.4) is 0 Å². The van der Waals surface area contributed by atoms with Gasteiger partial charge >= 0.3 is 6.18 Å². The van der Waals surface area contributed by atoms with Gasteiger partial charge in [-0.25, -0.2) is 0 Å². The van der Waals surface area contributed by atoms with Crippen molar-refractivity contribution in [1.82, 2.24) is 5.32 Å². The highest BCUT2D eigenvalue weighted by atomic mass is 32.2. The van der Waals surface area contributed by atoms with Gasteiger partial charge in [-0.3, -0.25) is 0 Å². The molecule has 0 atom stereocenters. The van der Waals surface area contributed by atoms with Crippen molar-refractivity contribution in [2.45, 2.75) is 17.6 Å². The highest BCUT2D eigenvalue weighted by Crippen LogP contribution is 2.27. The molecule has 0 aliphatic rings. The van der Waals surface area contributed by atoms with E-state index in [-0.39, 0.29) is 0 Å². The zero-order chi connectivity index (χ0) is 13.4. The van der Waals surface area contributed by atoms with Crippen molar-refractivity contribution in [3.8, 4) is 0 Å². The van der Waals surface area contributed by atoms with Gasteiger partial charge in [0.05, 0.1) is 12.4 Å². The van der Waals surface area contributed by atoms with E-state index in [1.807, 2.05) is 6.07 Å². The van der Waals surface area contributed by atoms with Crippen LogP contribution in [0.15, 0.2) is 29.2 Å². The molecule has 0 radical (unpaired) electrons. The van der Waals surface area contributed by atoms with Gasteiger partial charge in [0, 0.05) is 25.1 Å². The highest BCUT2D eigenvalue weighted by molar-refractivity contribution is 7.99. The van der Waals surface area contributed by atoms with E-state index in [4.69, 9.17) is 4.74 Å². The highest BCUT2D eigenvalue weighted by Gasteiger charge is 2.27. The molecule has 0 aliphatic carbocycles. The molecular formula is C12H16F3NOS. The fourth-order valence-electron chi connectivity index (χ4n) is 1.32. The van der Waals surface area contributed by atoms with Crippen LogP contribution in [0.4, 0.5) is 13.2 Å². The Morgan fingerprint density at radius 1 is 1.33 bits per heavy atom. The van der Waals surface area contributed by atoms with Gasteiger partial charge in [0.2, 0.25) is 0 Å². The van der Waals surface area contributed by atoms with Gasteiger partial charge in [-0.1, -0.05) is 12.1 Å². The zero-order valence-electron chi connectivity index (χ0n) is 10.1. The van der Waals surface area contributed by atoms with Crippen molar-refractivity contribution >= 4 is 11.8 Å². The van der Waals surface area contributed by atoms with Crippen LogP contribution in [0.1, 0.15) is 5.56 Å². The van der Waals surface area contributed by atoms with Crippen LogP contribution in [0.25, 0.3) is 0 Å². The first-order chi connectivity index (χ1) is 8.51. The molecule has 0 fully saturated rings. The topological polar surface area (TPSA) is 21.3 Å². The monoisotopic (exact) mass is 279 g/mol. The Hall–Kier alpha value is -0.720. The lowest BCUT2D eigenvalue weighted by Gasteiger charge is -2.08. The third kappa shape index (κ3) is 6.88. The lowest BCUT2D eigenvalue weighted by atomic mass is 10.2. The van der Waals surface area contributed by atoms with Gasteiger partial charge in [0.1, 0.15) is 0 Å². The Kier molecular flexibility index (Phi) is 6.52. The lowest BCUT2D eigenvalue weighted by Crippen LogP contribution is -2.18. The molecule has 2 nitrogen and oxygen atoms in total. The molecule has 102 valence electrons. The van der Waals surface area contributed by atoms with Gasteiger partial charge in [0.15, 0.2) is 0 Å². The largest absolute Gasteiger partial charge is 0.398 e. The summed E-state index contributed by atoms with van der Waals surface area (Å²) in [6.07, 6.45) is -4.13. The van der Waals surface area contributed by atoms with Crippen molar-refractivity contribution in [3.63, 3.8) is 0 Å². The van der Waals surface area contributed by atoms with Crippen LogP contribution in [0, 0.1) is 0 Å². The number of hydrogen-bond donors (Lipinski definition) is 1. The second-order valence-electron chi connectivity index (χ2n) is 3.72. The summed E-state index contributed by atoms with van der Waals surface area (Å²) < 4.78 is 41.1. The number of halogens is 3. The molecule has 1 aromatic rings.